The van der Waals surface area contributed by atoms with E-state index in [1.165, 1.54) is 18.0 Å². The van der Waals surface area contributed by atoms with Gasteiger partial charge in [-0.1, -0.05) is 11.8 Å². The van der Waals surface area contributed by atoms with Crippen molar-refractivity contribution in [2.75, 3.05) is 18.3 Å². The minimum Gasteiger partial charge on any atom is -0.462 e. The second kappa shape index (κ2) is 6.95. The third-order valence-corrected chi connectivity index (χ3v) is 2.39. The van der Waals surface area contributed by atoms with E-state index >= 15 is 0 Å². The lowest BCUT2D eigenvalue weighted by molar-refractivity contribution is 0.0526. The zero-order valence-corrected chi connectivity index (χ0v) is 11.7. The molecule has 1 N–H and O–H groups in total. The Morgan fingerprint density at radius 3 is 2.83 bits per heavy atom. The van der Waals surface area contributed by atoms with Crippen LogP contribution in [-0.4, -0.2) is 34.5 Å². The summed E-state index contributed by atoms with van der Waals surface area (Å²) in [6, 6.07) is 0. The summed E-state index contributed by atoms with van der Waals surface area (Å²) < 4.78 is 4.93. The molecule has 0 saturated heterocycles. The van der Waals surface area contributed by atoms with Gasteiger partial charge in [-0.15, -0.1) is 0 Å². The molecular formula is C11H16N4O2S. The first kappa shape index (κ1) is 14.4. The molecule has 98 valence electrons. The molecule has 1 aromatic rings. The van der Waals surface area contributed by atoms with E-state index in [2.05, 4.69) is 20.5 Å². The Morgan fingerprint density at radius 2 is 2.28 bits per heavy atom. The van der Waals surface area contributed by atoms with E-state index in [1.807, 2.05) is 20.1 Å². The number of hydrogen-bond acceptors (Lipinski definition) is 7. The summed E-state index contributed by atoms with van der Waals surface area (Å²) in [6.45, 7) is 5.73. The van der Waals surface area contributed by atoms with Crippen LogP contribution in [0.25, 0.3) is 0 Å². The van der Waals surface area contributed by atoms with Crippen molar-refractivity contribution in [2.45, 2.75) is 25.9 Å². The van der Waals surface area contributed by atoms with Crippen molar-refractivity contribution in [3.8, 4) is 0 Å². The van der Waals surface area contributed by atoms with Crippen molar-refractivity contribution in [1.82, 2.24) is 9.97 Å². The summed E-state index contributed by atoms with van der Waals surface area (Å²) in [5.74, 6) is -0.106. The van der Waals surface area contributed by atoms with Crippen LogP contribution in [0.2, 0.25) is 0 Å². The number of esters is 1. The van der Waals surface area contributed by atoms with Crippen LogP contribution in [0.1, 0.15) is 31.1 Å². The predicted octanol–water partition coefficient (Wildman–Crippen LogP) is 2.18. The number of carbonyl (C=O) groups excluding carboxylic acids is 1. The second-order valence-corrected chi connectivity index (χ2v) is 4.28. The molecule has 0 aromatic carbocycles. The van der Waals surface area contributed by atoms with Gasteiger partial charge in [0.15, 0.2) is 11.0 Å². The molecule has 1 rings (SSSR count). The zero-order valence-electron chi connectivity index (χ0n) is 10.9. The minimum absolute atomic E-state index is 0.277. The molecule has 0 aliphatic carbocycles. The molecule has 0 atom stereocenters. The van der Waals surface area contributed by atoms with Gasteiger partial charge in [0, 0.05) is 11.9 Å². The van der Waals surface area contributed by atoms with Gasteiger partial charge >= 0.3 is 5.97 Å². The molecule has 0 bridgehead atoms. The van der Waals surface area contributed by atoms with Crippen LogP contribution in [0.15, 0.2) is 16.5 Å². The Hall–Kier alpha value is -1.63. The van der Waals surface area contributed by atoms with E-state index in [9.17, 15) is 4.79 Å². The van der Waals surface area contributed by atoms with Crippen LogP contribution in [0.4, 0.5) is 5.82 Å². The average Bonchev–Trinajstić information content (AvgIpc) is 2.36. The lowest BCUT2D eigenvalue weighted by atomic mass is 10.3. The standard InChI is InChI=1S/C11H16N4O2S/c1-5-17-10(16)8-6-12-11(18-4)13-9(8)15-14-7(2)3/h6H,5H2,1-4H3,(H,12,13,15). The number of hydrazone groups is 1. The maximum Gasteiger partial charge on any atom is 0.343 e. The number of thioether (sulfide) groups is 1. The molecule has 0 unspecified atom stereocenters. The van der Waals surface area contributed by atoms with Gasteiger partial charge in [0.1, 0.15) is 5.56 Å². The van der Waals surface area contributed by atoms with Crippen LogP contribution < -0.4 is 5.43 Å². The fourth-order valence-corrected chi connectivity index (χ4v) is 1.41. The van der Waals surface area contributed by atoms with Crippen LogP contribution in [-0.2, 0) is 4.74 Å². The molecule has 0 radical (unpaired) electrons. The fraction of sp³-hybridized carbons (Fsp3) is 0.455. The highest BCUT2D eigenvalue weighted by atomic mass is 32.2. The number of aromatic nitrogens is 2. The van der Waals surface area contributed by atoms with E-state index in [0.29, 0.717) is 17.6 Å². The third kappa shape index (κ3) is 3.99. The van der Waals surface area contributed by atoms with Crippen molar-refractivity contribution < 1.29 is 9.53 Å². The van der Waals surface area contributed by atoms with E-state index in [1.54, 1.807) is 6.92 Å². The topological polar surface area (TPSA) is 76.5 Å². The minimum atomic E-state index is -0.461. The molecule has 18 heavy (non-hydrogen) atoms. The first-order valence-electron chi connectivity index (χ1n) is 5.43. The van der Waals surface area contributed by atoms with E-state index in [4.69, 9.17) is 4.74 Å². The van der Waals surface area contributed by atoms with Crippen molar-refractivity contribution in [3.63, 3.8) is 0 Å². The Balaban J connectivity index is 3.07. The first-order valence-corrected chi connectivity index (χ1v) is 6.66. The molecule has 0 aliphatic heterocycles. The molecular weight excluding hydrogens is 252 g/mol. The molecule has 1 heterocycles. The smallest absolute Gasteiger partial charge is 0.343 e. The van der Waals surface area contributed by atoms with Crippen LogP contribution in [0, 0.1) is 0 Å². The van der Waals surface area contributed by atoms with Gasteiger partial charge in [-0.05, 0) is 27.0 Å². The molecule has 0 spiro atoms. The predicted molar refractivity (Wildman–Crippen MR) is 72.2 cm³/mol. The lowest BCUT2D eigenvalue weighted by Crippen LogP contribution is -2.11. The summed E-state index contributed by atoms with van der Waals surface area (Å²) >= 11 is 1.39. The normalized spacial score (nSPS) is 9.78. The molecule has 7 heteroatoms. The maximum absolute atomic E-state index is 11.7. The van der Waals surface area contributed by atoms with Gasteiger partial charge in [-0.25, -0.2) is 14.8 Å². The summed E-state index contributed by atoms with van der Waals surface area (Å²) in [4.78, 5) is 20.0. The average molecular weight is 268 g/mol. The van der Waals surface area contributed by atoms with Gasteiger partial charge in [0.25, 0.3) is 0 Å². The van der Waals surface area contributed by atoms with Crippen LogP contribution in [0.3, 0.4) is 0 Å². The first-order chi connectivity index (χ1) is 8.58. The van der Waals surface area contributed by atoms with Crippen LogP contribution in [0.5, 0.6) is 0 Å². The van der Waals surface area contributed by atoms with Crippen molar-refractivity contribution >= 4 is 29.3 Å². The monoisotopic (exact) mass is 268 g/mol. The molecule has 0 fully saturated rings. The van der Waals surface area contributed by atoms with Gasteiger partial charge in [-0.2, -0.15) is 5.10 Å². The van der Waals surface area contributed by atoms with Gasteiger partial charge in [-0.3, -0.25) is 5.43 Å². The Morgan fingerprint density at radius 1 is 1.56 bits per heavy atom. The summed E-state index contributed by atoms with van der Waals surface area (Å²) in [7, 11) is 0. The summed E-state index contributed by atoms with van der Waals surface area (Å²) in [6.07, 6.45) is 3.30. The third-order valence-electron chi connectivity index (χ3n) is 1.83. The van der Waals surface area contributed by atoms with E-state index < -0.39 is 5.97 Å². The van der Waals surface area contributed by atoms with Gasteiger partial charge < -0.3 is 4.74 Å². The number of hydrogen-bond donors (Lipinski definition) is 1. The number of nitrogens with zero attached hydrogens (tertiary/aromatic N) is 3. The number of carbonyl (C=O) groups is 1. The quantitative estimate of drug-likeness (QED) is 0.290. The SMILES string of the molecule is CCOC(=O)c1cnc(SC)nc1NN=C(C)C. The number of ether oxygens (including phenoxy) is 1. The van der Waals surface area contributed by atoms with E-state index in [-0.39, 0.29) is 5.56 Å². The highest BCUT2D eigenvalue weighted by Crippen LogP contribution is 2.17. The zero-order chi connectivity index (χ0) is 13.5. The second-order valence-electron chi connectivity index (χ2n) is 3.51. The molecule has 0 amide bonds. The molecule has 1 aromatic heterocycles. The largest absolute Gasteiger partial charge is 0.462 e. The highest BCUT2D eigenvalue weighted by molar-refractivity contribution is 7.98. The van der Waals surface area contributed by atoms with Gasteiger partial charge in [0.05, 0.1) is 6.61 Å². The van der Waals surface area contributed by atoms with Crippen LogP contribution >= 0.6 is 11.8 Å². The van der Waals surface area contributed by atoms with Crippen molar-refractivity contribution in [3.05, 3.63) is 11.8 Å². The molecule has 0 aliphatic rings. The molecule has 6 nitrogen and oxygen atoms in total. The molecule has 0 saturated carbocycles. The van der Waals surface area contributed by atoms with Crippen molar-refractivity contribution in [2.24, 2.45) is 5.10 Å². The van der Waals surface area contributed by atoms with E-state index in [0.717, 1.165) is 5.71 Å². The highest BCUT2D eigenvalue weighted by Gasteiger charge is 2.15. The van der Waals surface area contributed by atoms with Gasteiger partial charge in [0.2, 0.25) is 0 Å². The Bertz CT molecular complexity index is 458. The number of nitrogens with one attached hydrogen (secondary N) is 1. The number of anilines is 1. The Labute approximate surface area is 110 Å². The van der Waals surface area contributed by atoms with Crippen molar-refractivity contribution in [1.29, 1.82) is 0 Å². The number of rotatable bonds is 5. The fourth-order valence-electron chi connectivity index (χ4n) is 1.07. The summed E-state index contributed by atoms with van der Waals surface area (Å²) in [5.41, 5.74) is 3.85. The lowest BCUT2D eigenvalue weighted by Gasteiger charge is -2.08. The Kier molecular flexibility index (Phi) is 5.57. The summed E-state index contributed by atoms with van der Waals surface area (Å²) in [5, 5.41) is 4.60. The maximum atomic E-state index is 11.7.